The first kappa shape index (κ1) is 21.8. The summed E-state index contributed by atoms with van der Waals surface area (Å²) in [6, 6.07) is 9.20. The Bertz CT molecular complexity index is 1410. The molecule has 9 nitrogen and oxygen atoms in total. The lowest BCUT2D eigenvalue weighted by Gasteiger charge is -2.13. The summed E-state index contributed by atoms with van der Waals surface area (Å²) < 4.78 is 50.9. The predicted molar refractivity (Wildman–Crippen MR) is 117 cm³/mol. The van der Waals surface area contributed by atoms with Crippen molar-refractivity contribution < 1.29 is 17.2 Å². The molecule has 0 radical (unpaired) electrons. The third kappa shape index (κ3) is 4.60. The van der Waals surface area contributed by atoms with Gasteiger partial charge in [-0.1, -0.05) is 11.6 Å². The molecule has 0 atom stereocenters. The van der Waals surface area contributed by atoms with Gasteiger partial charge in [0.15, 0.2) is 27.1 Å². The van der Waals surface area contributed by atoms with Crippen molar-refractivity contribution in [2.24, 2.45) is 0 Å². The molecule has 0 aliphatic heterocycles. The molecule has 0 bridgehead atoms. The van der Waals surface area contributed by atoms with E-state index in [4.69, 9.17) is 11.6 Å². The largest absolute Gasteiger partial charge is 0.352 e. The molecule has 0 saturated heterocycles. The Balaban J connectivity index is 1.83. The van der Waals surface area contributed by atoms with Crippen molar-refractivity contribution in [3.63, 3.8) is 0 Å². The molecule has 0 saturated carbocycles. The zero-order chi connectivity index (χ0) is 23.0. The zero-order valence-electron chi connectivity index (χ0n) is 16.7. The fourth-order valence-electron chi connectivity index (χ4n) is 2.92. The van der Waals surface area contributed by atoms with Gasteiger partial charge in [0.25, 0.3) is 6.43 Å². The summed E-state index contributed by atoms with van der Waals surface area (Å²) in [6.07, 6.45) is -1.81. The number of hydrogen-bond donors (Lipinski definition) is 3. The minimum absolute atomic E-state index is 0.0570. The van der Waals surface area contributed by atoms with Gasteiger partial charge in [-0.15, -0.1) is 5.10 Å². The number of hydrogen-bond acceptors (Lipinski definition) is 8. The number of nitrogens with one attached hydrogen (secondary N) is 3. The molecule has 0 fully saturated rings. The van der Waals surface area contributed by atoms with E-state index >= 15 is 0 Å². The molecule has 4 rings (SSSR count). The maximum Gasteiger partial charge on any atom is 0.295 e. The van der Waals surface area contributed by atoms with Gasteiger partial charge in [0, 0.05) is 17.3 Å². The lowest BCUT2D eigenvalue weighted by atomic mass is 10.2. The van der Waals surface area contributed by atoms with E-state index in [1.807, 2.05) is 0 Å². The van der Waals surface area contributed by atoms with Gasteiger partial charge in [0.2, 0.25) is 0 Å². The van der Waals surface area contributed by atoms with Crippen LogP contribution in [-0.2, 0) is 9.84 Å². The van der Waals surface area contributed by atoms with Gasteiger partial charge in [-0.3, -0.25) is 0 Å². The summed E-state index contributed by atoms with van der Waals surface area (Å²) in [5.74, 6) is 0.0603. The molecule has 1 aromatic carbocycles. The van der Waals surface area contributed by atoms with Crippen LogP contribution in [0.3, 0.4) is 0 Å². The Kier molecular flexibility index (Phi) is 5.65. The first-order chi connectivity index (χ1) is 15.1. The number of anilines is 4. The molecule has 0 aliphatic rings. The molecule has 0 aliphatic carbocycles. The van der Waals surface area contributed by atoms with E-state index in [-0.39, 0.29) is 38.3 Å². The van der Waals surface area contributed by atoms with E-state index in [1.54, 1.807) is 19.1 Å². The standard InChI is InChI=1S/C19H16ClF2N7O2S/c1-9-3-6-14(29-28-9)24-15-8-12(16-18(25-15)27-19(26-16)17(21)22)23-11-5-4-10(20)7-13(11)32(2,30)31/h3-8,17H,1-2H3,(H3,23,24,25,26,27,29). The number of aromatic amines is 1. The molecule has 0 amide bonds. The quantitative estimate of drug-likeness (QED) is 0.368. The maximum absolute atomic E-state index is 13.2. The molecule has 0 unspecified atom stereocenters. The number of benzene rings is 1. The van der Waals surface area contributed by atoms with Crippen LogP contribution in [0.15, 0.2) is 41.3 Å². The second-order valence-corrected chi connectivity index (χ2v) is 9.32. The minimum Gasteiger partial charge on any atom is -0.352 e. The fourth-order valence-corrected chi connectivity index (χ4v) is 4.02. The number of imidazole rings is 1. The highest BCUT2D eigenvalue weighted by atomic mass is 35.5. The average molecular weight is 480 g/mol. The molecule has 0 spiro atoms. The summed E-state index contributed by atoms with van der Waals surface area (Å²) in [6.45, 7) is 1.78. The summed E-state index contributed by atoms with van der Waals surface area (Å²) in [5, 5.41) is 14.1. The number of halogens is 3. The summed E-state index contributed by atoms with van der Waals surface area (Å²) >= 11 is 5.96. The number of rotatable bonds is 6. The highest BCUT2D eigenvalue weighted by Gasteiger charge is 2.20. The lowest BCUT2D eigenvalue weighted by Crippen LogP contribution is -2.04. The van der Waals surface area contributed by atoms with E-state index in [0.29, 0.717) is 11.5 Å². The van der Waals surface area contributed by atoms with Crippen molar-refractivity contribution in [1.82, 2.24) is 25.1 Å². The number of aryl methyl sites for hydroxylation is 1. The SMILES string of the molecule is Cc1ccc(Nc2cc(Nc3ccc(Cl)cc3S(C)(=O)=O)c3nc(C(F)F)[nH]c3n2)nn1. The predicted octanol–water partition coefficient (Wildman–Crippen LogP) is 4.54. The number of pyridine rings is 1. The number of fused-ring (bicyclic) bond motifs is 1. The van der Waals surface area contributed by atoms with E-state index in [0.717, 1.165) is 6.26 Å². The maximum atomic E-state index is 13.2. The molecule has 32 heavy (non-hydrogen) atoms. The van der Waals surface area contributed by atoms with E-state index < -0.39 is 22.1 Å². The van der Waals surface area contributed by atoms with E-state index in [2.05, 4.69) is 35.8 Å². The third-order valence-corrected chi connectivity index (χ3v) is 5.72. The number of sulfone groups is 1. The Hall–Kier alpha value is -3.38. The highest BCUT2D eigenvalue weighted by molar-refractivity contribution is 7.90. The van der Waals surface area contributed by atoms with Crippen LogP contribution in [0.2, 0.25) is 5.02 Å². The monoisotopic (exact) mass is 479 g/mol. The number of nitrogens with zero attached hydrogens (tertiary/aromatic N) is 4. The molecule has 13 heteroatoms. The Labute approximate surface area is 186 Å². The smallest absolute Gasteiger partial charge is 0.295 e. The summed E-state index contributed by atoms with van der Waals surface area (Å²) in [7, 11) is -3.65. The van der Waals surface area contributed by atoms with Crippen LogP contribution in [0.5, 0.6) is 0 Å². The lowest BCUT2D eigenvalue weighted by molar-refractivity contribution is 0.142. The van der Waals surface area contributed by atoms with Crippen LogP contribution in [0.1, 0.15) is 17.9 Å². The van der Waals surface area contributed by atoms with Crippen LogP contribution >= 0.6 is 11.6 Å². The van der Waals surface area contributed by atoms with Crippen molar-refractivity contribution in [3.8, 4) is 0 Å². The van der Waals surface area contributed by atoms with Crippen molar-refractivity contribution in [2.45, 2.75) is 18.2 Å². The van der Waals surface area contributed by atoms with Gasteiger partial charge in [-0.2, -0.15) is 5.10 Å². The van der Waals surface area contributed by atoms with Crippen LogP contribution in [0.25, 0.3) is 11.2 Å². The highest BCUT2D eigenvalue weighted by Crippen LogP contribution is 2.33. The molecule has 3 N–H and O–H groups in total. The Morgan fingerprint density at radius 2 is 1.78 bits per heavy atom. The normalized spacial score (nSPS) is 11.8. The number of H-pyrrole nitrogens is 1. The van der Waals surface area contributed by atoms with Gasteiger partial charge in [-0.05, 0) is 37.3 Å². The number of aromatic nitrogens is 5. The Morgan fingerprint density at radius 3 is 2.44 bits per heavy atom. The van der Waals surface area contributed by atoms with Crippen LogP contribution < -0.4 is 10.6 Å². The molecule has 3 aromatic heterocycles. The Morgan fingerprint density at radius 1 is 1.00 bits per heavy atom. The molecule has 4 aromatic rings. The topological polar surface area (TPSA) is 126 Å². The van der Waals surface area contributed by atoms with E-state index in [1.165, 1.54) is 24.3 Å². The second kappa shape index (κ2) is 8.28. The van der Waals surface area contributed by atoms with E-state index in [9.17, 15) is 17.2 Å². The van der Waals surface area contributed by atoms with Crippen molar-refractivity contribution in [3.05, 3.63) is 52.9 Å². The van der Waals surface area contributed by atoms with Crippen molar-refractivity contribution >= 4 is 55.6 Å². The minimum atomic E-state index is -3.65. The zero-order valence-corrected chi connectivity index (χ0v) is 18.3. The summed E-state index contributed by atoms with van der Waals surface area (Å²) in [4.78, 5) is 10.6. The van der Waals surface area contributed by atoms with Crippen molar-refractivity contribution in [1.29, 1.82) is 0 Å². The molecular formula is C19H16ClF2N7O2S. The van der Waals surface area contributed by atoms with Gasteiger partial charge in [0.1, 0.15) is 11.3 Å². The number of alkyl halides is 2. The van der Waals surface area contributed by atoms with Crippen LogP contribution in [0.4, 0.5) is 31.8 Å². The van der Waals surface area contributed by atoms with Gasteiger partial charge >= 0.3 is 0 Å². The fraction of sp³-hybridized carbons (Fsp3) is 0.158. The molecule has 3 heterocycles. The average Bonchev–Trinajstić information content (AvgIpc) is 3.15. The van der Waals surface area contributed by atoms with Gasteiger partial charge in [-0.25, -0.2) is 27.2 Å². The van der Waals surface area contributed by atoms with Crippen LogP contribution in [0, 0.1) is 6.92 Å². The first-order valence-corrected chi connectivity index (χ1v) is 11.4. The molecular weight excluding hydrogens is 464 g/mol. The van der Waals surface area contributed by atoms with Gasteiger partial charge in [0.05, 0.1) is 22.0 Å². The van der Waals surface area contributed by atoms with Crippen molar-refractivity contribution in [2.75, 3.05) is 16.9 Å². The third-order valence-electron chi connectivity index (χ3n) is 4.34. The summed E-state index contributed by atoms with van der Waals surface area (Å²) in [5.41, 5.74) is 1.34. The second-order valence-electron chi connectivity index (χ2n) is 6.90. The van der Waals surface area contributed by atoms with Crippen LogP contribution in [-0.4, -0.2) is 39.8 Å². The van der Waals surface area contributed by atoms with Gasteiger partial charge < -0.3 is 15.6 Å². The first-order valence-electron chi connectivity index (χ1n) is 9.13. The molecule has 166 valence electrons.